The molecule has 0 radical (unpaired) electrons. The predicted octanol–water partition coefficient (Wildman–Crippen LogP) is 1.02. The molecule has 0 atom stereocenters. The minimum atomic E-state index is -0.00353. The molecule has 0 aliphatic rings. The molecule has 2 rings (SSSR count). The van der Waals surface area contributed by atoms with Crippen molar-refractivity contribution in [3.8, 4) is 0 Å². The van der Waals surface area contributed by atoms with Gasteiger partial charge >= 0.3 is 129 Å². The summed E-state index contributed by atoms with van der Waals surface area (Å²) in [5.74, 6) is 0. The zero-order valence-corrected chi connectivity index (χ0v) is 14.2. The average Bonchev–Trinajstić information content (AvgIpc) is 2.25. The number of rotatable bonds is 2. The van der Waals surface area contributed by atoms with Crippen molar-refractivity contribution in [3.63, 3.8) is 0 Å². The van der Waals surface area contributed by atoms with E-state index >= 15 is 0 Å². The maximum absolute atomic E-state index is 2.34. The van der Waals surface area contributed by atoms with Crippen LogP contribution in [0.2, 0.25) is 0 Å². The van der Waals surface area contributed by atoms with E-state index in [1.165, 1.54) is 14.3 Å². The Morgan fingerprint density at radius 2 is 0.933 bits per heavy atom. The van der Waals surface area contributed by atoms with Gasteiger partial charge in [-0.05, 0) is 0 Å². The van der Waals surface area contributed by atoms with Crippen LogP contribution in [0, 0.1) is 14.3 Å². The van der Waals surface area contributed by atoms with Gasteiger partial charge in [-0.3, -0.25) is 0 Å². The Bertz CT molecular complexity index is 388. The minimum absolute atomic E-state index is 0.00353. The summed E-state index contributed by atoms with van der Waals surface area (Å²) in [6.45, 7) is 0. The van der Waals surface area contributed by atoms with Gasteiger partial charge in [-0.1, -0.05) is 0 Å². The molecule has 0 aliphatic carbocycles. The summed E-state index contributed by atoms with van der Waals surface area (Å²) >= 11 is 4.68. The number of hydrogen-bond acceptors (Lipinski definition) is 0. The first-order valence-electron chi connectivity index (χ1n) is 4.40. The molecule has 78 valence electrons. The first kappa shape index (κ1) is 12.1. The van der Waals surface area contributed by atoms with Gasteiger partial charge in [0.1, 0.15) is 0 Å². The molecule has 0 fully saturated rings. The van der Waals surface area contributed by atoms with Gasteiger partial charge in [-0.25, -0.2) is 0 Å². The maximum atomic E-state index is 2.34. The van der Waals surface area contributed by atoms with E-state index in [4.69, 9.17) is 0 Å². The van der Waals surface area contributed by atoms with Crippen molar-refractivity contribution in [2.75, 3.05) is 0 Å². The van der Waals surface area contributed by atoms with E-state index < -0.39 is 0 Å². The molecule has 2 aromatic rings. The van der Waals surface area contributed by atoms with Crippen LogP contribution >= 0.6 is 45.2 Å². The van der Waals surface area contributed by atoms with E-state index in [0.29, 0.717) is 0 Å². The van der Waals surface area contributed by atoms with Crippen LogP contribution in [0.25, 0.3) is 0 Å². The van der Waals surface area contributed by atoms with Gasteiger partial charge in [-0.2, -0.15) is 0 Å². The van der Waals surface area contributed by atoms with Gasteiger partial charge in [0.25, 0.3) is 0 Å². The Balaban J connectivity index is 2.15. The number of benzene rings is 2. The molecular formula is C12H8I3-. The van der Waals surface area contributed by atoms with E-state index in [1.807, 2.05) is 0 Å². The quantitative estimate of drug-likeness (QED) is 0.507. The van der Waals surface area contributed by atoms with E-state index in [0.717, 1.165) is 0 Å². The van der Waals surface area contributed by atoms with Crippen molar-refractivity contribution in [3.05, 3.63) is 62.8 Å². The molecule has 2 aromatic carbocycles. The van der Waals surface area contributed by atoms with Crippen LogP contribution in [0.3, 0.4) is 0 Å². The fourth-order valence-electron chi connectivity index (χ4n) is 1.11. The predicted molar refractivity (Wildman–Crippen MR) is 75.7 cm³/mol. The zero-order chi connectivity index (χ0) is 10.7. The molecule has 0 spiro atoms. The molecule has 0 amide bonds. The average molecular weight is 533 g/mol. The SMILES string of the molecule is Ic1ccc([I-]c2ccc(I)cc2)cc1. The molecular weight excluding hydrogens is 525 g/mol. The third-order valence-electron chi connectivity index (χ3n) is 1.83. The zero-order valence-electron chi connectivity index (χ0n) is 7.75. The van der Waals surface area contributed by atoms with Crippen LogP contribution in [-0.2, 0) is 0 Å². The topological polar surface area (TPSA) is 0 Å². The summed E-state index contributed by atoms with van der Waals surface area (Å²) in [5.41, 5.74) is 0. The first-order valence-corrected chi connectivity index (χ1v) is 8.71. The molecule has 0 nitrogen and oxygen atoms in total. The molecule has 15 heavy (non-hydrogen) atoms. The Labute approximate surface area is 127 Å². The number of hydrogen-bond donors (Lipinski definition) is 0. The third-order valence-corrected chi connectivity index (χ3v) is 5.95. The second-order valence-corrected chi connectivity index (χ2v) is 8.49. The molecule has 0 aromatic heterocycles. The van der Waals surface area contributed by atoms with Crippen molar-refractivity contribution in [1.82, 2.24) is 0 Å². The van der Waals surface area contributed by atoms with Gasteiger partial charge < -0.3 is 0 Å². The second-order valence-electron chi connectivity index (χ2n) is 2.97. The van der Waals surface area contributed by atoms with Gasteiger partial charge in [0.15, 0.2) is 0 Å². The molecule has 0 saturated carbocycles. The van der Waals surface area contributed by atoms with Crippen molar-refractivity contribution in [2.45, 2.75) is 0 Å². The number of halogens is 3. The van der Waals surface area contributed by atoms with Crippen LogP contribution in [0.4, 0.5) is 0 Å². The molecule has 0 bridgehead atoms. The second kappa shape index (κ2) is 5.81. The normalized spacial score (nSPS) is 10.5. The standard InChI is InChI=1S/C12H8I3/c13-9-1-5-11(6-2-9)15-12-7-3-10(14)4-8-12/h1-8H/q-1. The van der Waals surface area contributed by atoms with Crippen molar-refractivity contribution < 1.29 is 21.2 Å². The van der Waals surface area contributed by atoms with Crippen LogP contribution in [0.15, 0.2) is 48.5 Å². The molecule has 0 saturated heterocycles. The molecule has 0 N–H and O–H groups in total. The van der Waals surface area contributed by atoms with E-state index in [1.54, 1.807) is 0 Å². The van der Waals surface area contributed by atoms with Gasteiger partial charge in [0.2, 0.25) is 0 Å². The summed E-state index contributed by atoms with van der Waals surface area (Å²) < 4.78 is 5.58. The van der Waals surface area contributed by atoms with Crippen LogP contribution < -0.4 is 21.2 Å². The summed E-state index contributed by atoms with van der Waals surface area (Å²) in [5, 5.41) is 0. The van der Waals surface area contributed by atoms with Crippen LogP contribution in [0.1, 0.15) is 0 Å². The molecule has 0 aliphatic heterocycles. The van der Waals surface area contributed by atoms with Crippen LogP contribution in [0.5, 0.6) is 0 Å². The summed E-state index contributed by atoms with van der Waals surface area (Å²) in [4.78, 5) is 0. The van der Waals surface area contributed by atoms with Gasteiger partial charge in [-0.15, -0.1) is 0 Å². The van der Waals surface area contributed by atoms with E-state index in [9.17, 15) is 0 Å². The van der Waals surface area contributed by atoms with Crippen molar-refractivity contribution in [1.29, 1.82) is 0 Å². The van der Waals surface area contributed by atoms with Crippen molar-refractivity contribution in [2.24, 2.45) is 0 Å². The Hall–Kier alpha value is 0.630. The summed E-state index contributed by atoms with van der Waals surface area (Å²) in [6, 6.07) is 17.7. The van der Waals surface area contributed by atoms with Gasteiger partial charge in [0, 0.05) is 0 Å². The molecule has 3 heteroatoms. The fraction of sp³-hybridized carbons (Fsp3) is 0. The van der Waals surface area contributed by atoms with Crippen molar-refractivity contribution >= 4 is 45.2 Å². The first-order chi connectivity index (χ1) is 7.24. The fourth-order valence-corrected chi connectivity index (χ4v) is 3.99. The molecule has 0 unspecified atom stereocenters. The third kappa shape index (κ3) is 3.85. The van der Waals surface area contributed by atoms with E-state index in [-0.39, 0.29) is 21.2 Å². The Kier molecular flexibility index (Phi) is 4.68. The van der Waals surface area contributed by atoms with Crippen LogP contribution in [-0.4, -0.2) is 0 Å². The monoisotopic (exact) mass is 533 g/mol. The summed E-state index contributed by atoms with van der Waals surface area (Å²) in [6.07, 6.45) is 0. The Morgan fingerprint density at radius 3 is 1.27 bits per heavy atom. The Morgan fingerprint density at radius 1 is 0.600 bits per heavy atom. The van der Waals surface area contributed by atoms with Gasteiger partial charge in [0.05, 0.1) is 0 Å². The molecule has 0 heterocycles. The summed E-state index contributed by atoms with van der Waals surface area (Å²) in [7, 11) is 0. The van der Waals surface area contributed by atoms with E-state index in [2.05, 4.69) is 93.7 Å².